The topological polar surface area (TPSA) is 73.3 Å². The molecule has 1 heterocycles. The smallest absolute Gasteiger partial charge is 0.124 e. The highest BCUT2D eigenvalue weighted by Crippen LogP contribution is 2.31. The van der Waals surface area contributed by atoms with E-state index in [2.05, 4.69) is 4.90 Å². The van der Waals surface area contributed by atoms with E-state index in [0.717, 1.165) is 31.5 Å². The molecule has 5 heteroatoms. The van der Waals surface area contributed by atoms with Crippen LogP contribution in [0.15, 0.2) is 18.2 Å². The molecule has 1 fully saturated rings. The van der Waals surface area contributed by atoms with E-state index >= 15 is 0 Å². The van der Waals surface area contributed by atoms with Crippen LogP contribution in [0.2, 0.25) is 5.02 Å². The molecule has 0 aliphatic carbocycles. The van der Waals surface area contributed by atoms with E-state index in [1.807, 2.05) is 12.1 Å². The van der Waals surface area contributed by atoms with Crippen LogP contribution >= 0.6 is 11.6 Å². The van der Waals surface area contributed by atoms with Crippen LogP contribution in [0.5, 0.6) is 0 Å². The average Bonchev–Trinajstić information content (AvgIpc) is 2.83. The fraction of sp³-hybridized carbons (Fsp3) is 0.500. The van der Waals surface area contributed by atoms with Crippen LogP contribution in [0.1, 0.15) is 31.2 Å². The summed E-state index contributed by atoms with van der Waals surface area (Å²) in [5.74, 6) is -0.00481. The van der Waals surface area contributed by atoms with Gasteiger partial charge in [-0.05, 0) is 43.9 Å². The minimum absolute atomic E-state index is 0.00481. The van der Waals surface area contributed by atoms with Gasteiger partial charge in [-0.25, -0.2) is 0 Å². The van der Waals surface area contributed by atoms with Crippen LogP contribution in [-0.4, -0.2) is 30.1 Å². The number of aliphatic hydroxyl groups excluding tert-OH is 1. The number of rotatable bonds is 5. The van der Waals surface area contributed by atoms with E-state index in [4.69, 9.17) is 27.9 Å². The standard InChI is InChI=1S/C14H20ClN3O/c15-13-9-11(5-6-12(13)14(16)17)18-7-1-3-10(18)4-2-8-19/h5-6,9-10,19H,1-4,7-8H2,(H3,16,17). The van der Waals surface area contributed by atoms with Gasteiger partial charge in [-0.3, -0.25) is 5.41 Å². The van der Waals surface area contributed by atoms with Crippen molar-refractivity contribution >= 4 is 23.1 Å². The maximum Gasteiger partial charge on any atom is 0.124 e. The lowest BCUT2D eigenvalue weighted by molar-refractivity contribution is 0.279. The minimum atomic E-state index is -0.00481. The molecule has 4 nitrogen and oxygen atoms in total. The second-order valence-electron chi connectivity index (χ2n) is 4.93. The van der Waals surface area contributed by atoms with Gasteiger partial charge in [0.2, 0.25) is 0 Å². The number of nitrogens with one attached hydrogen (secondary N) is 1. The number of aliphatic hydroxyl groups is 1. The Balaban J connectivity index is 2.16. The van der Waals surface area contributed by atoms with Gasteiger partial charge >= 0.3 is 0 Å². The molecule has 1 aliphatic heterocycles. The second-order valence-corrected chi connectivity index (χ2v) is 5.34. The number of nitrogens with two attached hydrogens (primary N) is 1. The van der Waals surface area contributed by atoms with Crippen molar-refractivity contribution in [1.82, 2.24) is 0 Å². The van der Waals surface area contributed by atoms with E-state index in [1.165, 1.54) is 6.42 Å². The second kappa shape index (κ2) is 6.26. The molecule has 1 atom stereocenters. The van der Waals surface area contributed by atoms with Crippen molar-refractivity contribution in [3.05, 3.63) is 28.8 Å². The van der Waals surface area contributed by atoms with E-state index in [1.54, 1.807) is 6.07 Å². The van der Waals surface area contributed by atoms with Crippen molar-refractivity contribution in [3.8, 4) is 0 Å². The molecule has 0 amide bonds. The van der Waals surface area contributed by atoms with Gasteiger partial charge in [-0.1, -0.05) is 11.6 Å². The highest BCUT2D eigenvalue weighted by atomic mass is 35.5. The number of amidine groups is 1. The lowest BCUT2D eigenvalue weighted by Crippen LogP contribution is -2.29. The van der Waals surface area contributed by atoms with Gasteiger partial charge in [0.15, 0.2) is 0 Å². The van der Waals surface area contributed by atoms with Crippen LogP contribution < -0.4 is 10.6 Å². The zero-order valence-corrected chi connectivity index (χ0v) is 11.7. The molecular formula is C14H20ClN3O. The average molecular weight is 282 g/mol. The lowest BCUT2D eigenvalue weighted by atomic mass is 10.1. The van der Waals surface area contributed by atoms with E-state index in [9.17, 15) is 0 Å². The summed E-state index contributed by atoms with van der Waals surface area (Å²) in [6.45, 7) is 1.26. The molecule has 2 rings (SSSR count). The van der Waals surface area contributed by atoms with Crippen LogP contribution in [0.4, 0.5) is 5.69 Å². The Morgan fingerprint density at radius 1 is 1.53 bits per heavy atom. The van der Waals surface area contributed by atoms with Crippen molar-refractivity contribution in [2.45, 2.75) is 31.7 Å². The maximum atomic E-state index is 8.95. The van der Waals surface area contributed by atoms with Gasteiger partial charge in [0.1, 0.15) is 5.84 Å². The number of nitrogen functional groups attached to an aromatic ring is 1. The predicted molar refractivity (Wildman–Crippen MR) is 79.2 cm³/mol. The quantitative estimate of drug-likeness (QED) is 0.573. The zero-order valence-electron chi connectivity index (χ0n) is 10.9. The summed E-state index contributed by atoms with van der Waals surface area (Å²) >= 11 is 6.17. The Hall–Kier alpha value is -1.26. The first kappa shape index (κ1) is 14.2. The third-order valence-electron chi connectivity index (χ3n) is 3.65. The molecule has 19 heavy (non-hydrogen) atoms. The molecule has 1 unspecified atom stereocenters. The summed E-state index contributed by atoms with van der Waals surface area (Å²) in [5.41, 5.74) is 7.13. The van der Waals surface area contributed by atoms with Crippen LogP contribution in [0.25, 0.3) is 0 Å². The summed E-state index contributed by atoms with van der Waals surface area (Å²) < 4.78 is 0. The maximum absolute atomic E-state index is 8.95. The Morgan fingerprint density at radius 3 is 2.95 bits per heavy atom. The zero-order chi connectivity index (χ0) is 13.8. The highest BCUT2D eigenvalue weighted by molar-refractivity contribution is 6.34. The van der Waals surface area contributed by atoms with E-state index < -0.39 is 0 Å². The summed E-state index contributed by atoms with van der Waals surface area (Å²) in [5, 5.41) is 16.9. The molecular weight excluding hydrogens is 262 g/mol. The molecule has 104 valence electrons. The first-order valence-corrected chi connectivity index (χ1v) is 7.02. The predicted octanol–water partition coefficient (Wildman–Crippen LogP) is 2.37. The molecule has 1 aliphatic rings. The summed E-state index contributed by atoms with van der Waals surface area (Å²) in [6.07, 6.45) is 4.16. The van der Waals surface area contributed by atoms with Crippen molar-refractivity contribution in [2.75, 3.05) is 18.1 Å². The normalized spacial score (nSPS) is 18.8. The van der Waals surface area contributed by atoms with Gasteiger partial charge < -0.3 is 15.7 Å². The summed E-state index contributed by atoms with van der Waals surface area (Å²) in [6, 6.07) is 6.14. The molecule has 0 aromatic heterocycles. The Bertz CT molecular complexity index is 464. The number of hydrogen-bond acceptors (Lipinski definition) is 3. The van der Waals surface area contributed by atoms with Gasteiger partial charge in [0, 0.05) is 30.4 Å². The Kier molecular flexibility index (Phi) is 4.66. The van der Waals surface area contributed by atoms with Crippen LogP contribution in [0.3, 0.4) is 0 Å². The Morgan fingerprint density at radius 2 is 2.32 bits per heavy atom. The summed E-state index contributed by atoms with van der Waals surface area (Å²) in [4.78, 5) is 2.34. The molecule has 0 bridgehead atoms. The van der Waals surface area contributed by atoms with Gasteiger partial charge in [0.25, 0.3) is 0 Å². The highest BCUT2D eigenvalue weighted by Gasteiger charge is 2.24. The third kappa shape index (κ3) is 3.19. The molecule has 4 N–H and O–H groups in total. The number of anilines is 1. The van der Waals surface area contributed by atoms with E-state index in [-0.39, 0.29) is 12.4 Å². The lowest BCUT2D eigenvalue weighted by Gasteiger charge is -2.27. The number of halogens is 1. The first-order chi connectivity index (χ1) is 9.13. The van der Waals surface area contributed by atoms with Crippen LogP contribution in [0, 0.1) is 5.41 Å². The molecule has 1 aromatic carbocycles. The third-order valence-corrected chi connectivity index (χ3v) is 3.96. The fourth-order valence-corrected chi connectivity index (χ4v) is 2.98. The Labute approximate surface area is 118 Å². The number of hydrogen-bond donors (Lipinski definition) is 3. The minimum Gasteiger partial charge on any atom is -0.396 e. The van der Waals surface area contributed by atoms with Gasteiger partial charge in [0.05, 0.1) is 5.02 Å². The summed E-state index contributed by atoms with van der Waals surface area (Å²) in [7, 11) is 0. The fourth-order valence-electron chi connectivity index (χ4n) is 2.70. The van der Waals surface area contributed by atoms with Crippen molar-refractivity contribution in [3.63, 3.8) is 0 Å². The van der Waals surface area contributed by atoms with E-state index in [0.29, 0.717) is 16.6 Å². The van der Waals surface area contributed by atoms with Crippen LogP contribution in [-0.2, 0) is 0 Å². The van der Waals surface area contributed by atoms with Gasteiger partial charge in [-0.2, -0.15) is 0 Å². The number of nitrogens with zero attached hydrogens (tertiary/aromatic N) is 1. The number of benzene rings is 1. The molecule has 0 radical (unpaired) electrons. The van der Waals surface area contributed by atoms with Crippen molar-refractivity contribution in [2.24, 2.45) is 5.73 Å². The van der Waals surface area contributed by atoms with Crippen molar-refractivity contribution in [1.29, 1.82) is 5.41 Å². The molecule has 1 saturated heterocycles. The molecule has 0 saturated carbocycles. The van der Waals surface area contributed by atoms with Crippen molar-refractivity contribution < 1.29 is 5.11 Å². The molecule has 0 spiro atoms. The van der Waals surface area contributed by atoms with Gasteiger partial charge in [-0.15, -0.1) is 0 Å². The monoisotopic (exact) mass is 281 g/mol. The first-order valence-electron chi connectivity index (χ1n) is 6.65. The molecule has 1 aromatic rings. The SMILES string of the molecule is N=C(N)c1ccc(N2CCCC2CCCO)cc1Cl. The largest absolute Gasteiger partial charge is 0.396 e.